The second-order valence-corrected chi connectivity index (χ2v) is 8.29. The summed E-state index contributed by atoms with van der Waals surface area (Å²) in [6.07, 6.45) is 4.18. The molecule has 2 bridgehead atoms. The van der Waals surface area contributed by atoms with E-state index in [1.807, 2.05) is 12.1 Å². The Morgan fingerprint density at radius 3 is 2.56 bits per heavy atom. The lowest BCUT2D eigenvalue weighted by Gasteiger charge is -2.51. The van der Waals surface area contributed by atoms with Crippen LogP contribution in [-0.4, -0.2) is 72.0 Å². The van der Waals surface area contributed by atoms with Gasteiger partial charge in [0.1, 0.15) is 0 Å². The summed E-state index contributed by atoms with van der Waals surface area (Å²) in [6, 6.07) is 6.35. The maximum atomic E-state index is 13.0. The number of likely N-dealkylation sites (tertiary alicyclic amines) is 1. The van der Waals surface area contributed by atoms with Crippen LogP contribution >= 0.6 is 23.2 Å². The Morgan fingerprint density at radius 2 is 1.80 bits per heavy atom. The molecule has 1 aromatic rings. The minimum absolute atomic E-state index is 0.217. The number of fused-ring (bicyclic) bond motifs is 2. The van der Waals surface area contributed by atoms with E-state index in [1.165, 1.54) is 38.9 Å². The van der Waals surface area contributed by atoms with Gasteiger partial charge in [-0.1, -0.05) is 29.3 Å². The smallest absolute Gasteiger partial charge is 0.227 e. The van der Waals surface area contributed by atoms with Crippen LogP contribution in [-0.2, 0) is 11.2 Å². The maximum absolute atomic E-state index is 13.0. The van der Waals surface area contributed by atoms with Gasteiger partial charge in [-0.3, -0.25) is 14.6 Å². The molecule has 3 heterocycles. The second kappa shape index (κ2) is 7.43. The fraction of sp³-hybridized carbons (Fsp3) is 0.632. The Bertz CT molecular complexity index is 648. The van der Waals surface area contributed by atoms with Gasteiger partial charge in [0.15, 0.2) is 0 Å². The van der Waals surface area contributed by atoms with Crippen LogP contribution in [0.15, 0.2) is 18.2 Å². The predicted molar refractivity (Wildman–Crippen MR) is 101 cm³/mol. The van der Waals surface area contributed by atoms with Gasteiger partial charge in [0.25, 0.3) is 0 Å². The minimum atomic E-state index is 0.217. The Balaban J connectivity index is 1.49. The summed E-state index contributed by atoms with van der Waals surface area (Å²) in [4.78, 5) is 20.3. The highest BCUT2D eigenvalue weighted by atomic mass is 35.5. The number of carbonyl (C=O) groups excluding carboxylic acids is 1. The third-order valence-electron chi connectivity index (χ3n) is 5.96. The molecule has 136 valence electrons. The Morgan fingerprint density at radius 1 is 1.00 bits per heavy atom. The van der Waals surface area contributed by atoms with Gasteiger partial charge in [0.2, 0.25) is 5.91 Å². The molecule has 4 rings (SSSR count). The van der Waals surface area contributed by atoms with Gasteiger partial charge >= 0.3 is 0 Å². The molecule has 0 spiro atoms. The van der Waals surface area contributed by atoms with Gasteiger partial charge in [0, 0.05) is 25.7 Å². The SMILES string of the molecule is O=C(Cc1ccc(Cl)c(Cl)c1)N1CCN2CC[C@H](N3CCCC3)[C@H]1C2. The maximum Gasteiger partial charge on any atom is 0.227 e. The molecule has 3 fully saturated rings. The van der Waals surface area contributed by atoms with Gasteiger partial charge in [-0.25, -0.2) is 0 Å². The molecule has 0 N–H and O–H groups in total. The third-order valence-corrected chi connectivity index (χ3v) is 6.70. The molecule has 1 aromatic carbocycles. The molecule has 0 aromatic heterocycles. The summed E-state index contributed by atoms with van der Waals surface area (Å²) in [5.41, 5.74) is 0.940. The molecule has 3 atom stereocenters. The van der Waals surface area contributed by atoms with Crippen molar-refractivity contribution in [3.05, 3.63) is 33.8 Å². The number of halogens is 2. The summed E-state index contributed by atoms with van der Waals surface area (Å²) < 4.78 is 0. The lowest BCUT2D eigenvalue weighted by atomic mass is 9.93. The monoisotopic (exact) mass is 381 g/mol. The van der Waals surface area contributed by atoms with Crippen molar-refractivity contribution in [3.8, 4) is 0 Å². The number of nitrogens with zero attached hydrogens (tertiary/aromatic N) is 3. The molecule has 3 aliphatic rings. The van der Waals surface area contributed by atoms with Crippen LogP contribution in [0.25, 0.3) is 0 Å². The molecule has 6 heteroatoms. The fourth-order valence-electron chi connectivity index (χ4n) is 4.64. The zero-order valence-electron chi connectivity index (χ0n) is 14.5. The molecule has 0 radical (unpaired) electrons. The van der Waals surface area contributed by atoms with Gasteiger partial charge in [-0.15, -0.1) is 0 Å². The Hall–Kier alpha value is -0.810. The van der Waals surface area contributed by atoms with Crippen molar-refractivity contribution >= 4 is 29.1 Å². The minimum Gasteiger partial charge on any atom is -0.335 e. The largest absolute Gasteiger partial charge is 0.335 e. The zero-order valence-corrected chi connectivity index (χ0v) is 16.0. The van der Waals surface area contributed by atoms with Gasteiger partial charge < -0.3 is 4.90 Å². The highest BCUT2D eigenvalue weighted by Gasteiger charge is 2.41. The topological polar surface area (TPSA) is 26.8 Å². The van der Waals surface area contributed by atoms with Crippen molar-refractivity contribution in [1.82, 2.24) is 14.7 Å². The first-order valence-electron chi connectivity index (χ1n) is 9.31. The van der Waals surface area contributed by atoms with E-state index in [2.05, 4.69) is 14.7 Å². The highest BCUT2D eigenvalue weighted by Crippen LogP contribution is 2.28. The molecule has 0 saturated carbocycles. The Labute approximate surface area is 159 Å². The third kappa shape index (κ3) is 3.68. The number of piperazine rings is 1. The van der Waals surface area contributed by atoms with E-state index in [4.69, 9.17) is 23.2 Å². The van der Waals surface area contributed by atoms with E-state index >= 15 is 0 Å². The van der Waals surface area contributed by atoms with Crippen molar-refractivity contribution < 1.29 is 4.79 Å². The van der Waals surface area contributed by atoms with E-state index in [1.54, 1.807) is 6.07 Å². The van der Waals surface area contributed by atoms with Crippen LogP contribution in [0, 0.1) is 0 Å². The predicted octanol–water partition coefficient (Wildman–Crippen LogP) is 2.92. The van der Waals surface area contributed by atoms with Gasteiger partial charge in [0.05, 0.1) is 22.5 Å². The summed E-state index contributed by atoms with van der Waals surface area (Å²) in [5.74, 6) is 0.217. The normalized spacial score (nSPS) is 29.8. The van der Waals surface area contributed by atoms with Crippen LogP contribution in [0.5, 0.6) is 0 Å². The lowest BCUT2D eigenvalue weighted by Crippen LogP contribution is -2.66. The Kier molecular flexibility index (Phi) is 5.23. The molecule has 1 amide bonds. The van der Waals surface area contributed by atoms with Crippen molar-refractivity contribution in [2.24, 2.45) is 0 Å². The number of hydrogen-bond donors (Lipinski definition) is 0. The molecular weight excluding hydrogens is 357 g/mol. The summed E-state index contributed by atoms with van der Waals surface area (Å²) in [7, 11) is 0. The van der Waals surface area contributed by atoms with Crippen LogP contribution in [0.1, 0.15) is 24.8 Å². The standard InChI is InChI=1S/C19H25Cl2N3O/c20-15-4-3-14(11-16(15)21)12-19(25)24-10-9-22-8-5-17(18(24)13-22)23-6-1-2-7-23/h3-4,11,17-18H,1-2,5-10,12-13H2/t17-,18+/m0/s1. The summed E-state index contributed by atoms with van der Waals surface area (Å²) >= 11 is 12.1. The number of benzene rings is 1. The number of amides is 1. The van der Waals surface area contributed by atoms with Crippen LogP contribution in [0.4, 0.5) is 0 Å². The first-order valence-corrected chi connectivity index (χ1v) is 10.1. The highest BCUT2D eigenvalue weighted by molar-refractivity contribution is 6.42. The lowest BCUT2D eigenvalue weighted by molar-refractivity contribution is -0.139. The summed E-state index contributed by atoms with van der Waals surface area (Å²) in [5, 5.41) is 1.05. The van der Waals surface area contributed by atoms with Crippen molar-refractivity contribution in [1.29, 1.82) is 0 Å². The van der Waals surface area contributed by atoms with E-state index in [-0.39, 0.29) is 5.91 Å². The van der Waals surface area contributed by atoms with E-state index in [0.717, 1.165) is 25.2 Å². The number of piperidine rings is 1. The number of hydrogen-bond acceptors (Lipinski definition) is 3. The molecule has 3 aliphatic heterocycles. The van der Waals surface area contributed by atoms with E-state index < -0.39 is 0 Å². The van der Waals surface area contributed by atoms with Crippen molar-refractivity contribution in [2.75, 3.05) is 39.3 Å². The van der Waals surface area contributed by atoms with Crippen LogP contribution in [0.3, 0.4) is 0 Å². The summed E-state index contributed by atoms with van der Waals surface area (Å²) in [6.45, 7) is 6.41. The number of rotatable bonds is 3. The van der Waals surface area contributed by atoms with Crippen LogP contribution in [0.2, 0.25) is 10.0 Å². The molecule has 3 saturated heterocycles. The van der Waals surface area contributed by atoms with Crippen LogP contribution < -0.4 is 0 Å². The van der Waals surface area contributed by atoms with Crippen molar-refractivity contribution in [2.45, 2.75) is 37.8 Å². The first-order chi connectivity index (χ1) is 12.1. The first kappa shape index (κ1) is 17.6. The molecule has 25 heavy (non-hydrogen) atoms. The second-order valence-electron chi connectivity index (χ2n) is 7.48. The van der Waals surface area contributed by atoms with Crippen molar-refractivity contribution in [3.63, 3.8) is 0 Å². The van der Waals surface area contributed by atoms with E-state index in [9.17, 15) is 4.79 Å². The quantitative estimate of drug-likeness (QED) is 0.805. The molecule has 0 aliphatic carbocycles. The van der Waals surface area contributed by atoms with E-state index in [0.29, 0.717) is 28.5 Å². The molecule has 1 unspecified atom stereocenters. The molecule has 4 nitrogen and oxygen atoms in total. The number of carbonyl (C=O) groups is 1. The van der Waals surface area contributed by atoms with Gasteiger partial charge in [-0.2, -0.15) is 0 Å². The average molecular weight is 382 g/mol. The zero-order chi connectivity index (χ0) is 17.4. The molecular formula is C19H25Cl2N3O. The van der Waals surface area contributed by atoms with Gasteiger partial charge in [-0.05, 0) is 56.6 Å². The average Bonchev–Trinajstić information content (AvgIpc) is 3.13. The fourth-order valence-corrected chi connectivity index (χ4v) is 4.96.